The Morgan fingerprint density at radius 2 is 1.75 bits per heavy atom. The summed E-state index contributed by atoms with van der Waals surface area (Å²) in [5.41, 5.74) is 0.556. The third-order valence-corrected chi connectivity index (χ3v) is 2.23. The van der Waals surface area contributed by atoms with Gasteiger partial charge in [-0.3, -0.25) is 0 Å². The topological polar surface area (TPSA) is 21.3 Å². The Morgan fingerprint density at radius 1 is 1.19 bits per heavy atom. The van der Waals surface area contributed by atoms with Crippen LogP contribution in [-0.4, -0.2) is 19.8 Å². The van der Waals surface area contributed by atoms with E-state index in [2.05, 4.69) is 5.32 Å². The van der Waals surface area contributed by atoms with Crippen LogP contribution >= 0.6 is 0 Å². The Balaban J connectivity index is 2.78. The third kappa shape index (κ3) is 3.87. The summed E-state index contributed by atoms with van der Waals surface area (Å²) in [6, 6.07) is 3.29. The molecule has 4 heteroatoms. The van der Waals surface area contributed by atoms with Crippen molar-refractivity contribution >= 4 is 0 Å². The van der Waals surface area contributed by atoms with Gasteiger partial charge in [-0.2, -0.15) is 0 Å². The number of rotatable bonds is 5. The molecule has 0 aromatic heterocycles. The molecule has 0 spiro atoms. The van der Waals surface area contributed by atoms with Gasteiger partial charge in [0.05, 0.1) is 18.8 Å². The van der Waals surface area contributed by atoms with Gasteiger partial charge in [-0.05, 0) is 38.6 Å². The van der Waals surface area contributed by atoms with Crippen LogP contribution in [0.15, 0.2) is 18.2 Å². The van der Waals surface area contributed by atoms with Crippen LogP contribution in [0.2, 0.25) is 0 Å². The molecular formula is C12H17F2NO. The second-order valence-electron chi connectivity index (χ2n) is 3.93. The van der Waals surface area contributed by atoms with E-state index in [-0.39, 0.29) is 12.1 Å². The zero-order valence-electron chi connectivity index (χ0n) is 9.76. The molecule has 1 aromatic rings. The number of hydrogen-bond acceptors (Lipinski definition) is 2. The summed E-state index contributed by atoms with van der Waals surface area (Å²) < 4.78 is 31.5. The minimum Gasteiger partial charge on any atom is -0.377 e. The summed E-state index contributed by atoms with van der Waals surface area (Å²) in [4.78, 5) is 0. The summed E-state index contributed by atoms with van der Waals surface area (Å²) in [5, 5.41) is 2.97. The standard InChI is InChI=1S/C12H17F2NO/c1-8(2)16-7-12(15-3)9-4-10(13)6-11(14)5-9/h4-6,8,12,15H,7H2,1-3H3. The minimum atomic E-state index is -0.570. The highest BCUT2D eigenvalue weighted by Gasteiger charge is 2.12. The van der Waals surface area contributed by atoms with Crippen LogP contribution in [0.5, 0.6) is 0 Å². The van der Waals surface area contributed by atoms with E-state index in [1.54, 1.807) is 7.05 Å². The molecule has 0 aliphatic heterocycles. The fourth-order valence-electron chi connectivity index (χ4n) is 1.41. The van der Waals surface area contributed by atoms with Crippen LogP contribution in [0.3, 0.4) is 0 Å². The Hall–Kier alpha value is -1.00. The molecule has 0 radical (unpaired) electrons. The van der Waals surface area contributed by atoms with Crippen molar-refractivity contribution in [3.05, 3.63) is 35.4 Å². The molecule has 0 saturated carbocycles. The molecule has 1 N–H and O–H groups in total. The van der Waals surface area contributed by atoms with Gasteiger partial charge >= 0.3 is 0 Å². The highest BCUT2D eigenvalue weighted by atomic mass is 19.1. The molecular weight excluding hydrogens is 212 g/mol. The lowest BCUT2D eigenvalue weighted by atomic mass is 10.1. The second-order valence-corrected chi connectivity index (χ2v) is 3.93. The maximum Gasteiger partial charge on any atom is 0.126 e. The SMILES string of the molecule is CNC(COC(C)C)c1cc(F)cc(F)c1. The lowest BCUT2D eigenvalue weighted by molar-refractivity contribution is 0.0625. The quantitative estimate of drug-likeness (QED) is 0.838. The van der Waals surface area contributed by atoms with Gasteiger partial charge in [-0.1, -0.05) is 0 Å². The van der Waals surface area contributed by atoms with E-state index in [0.717, 1.165) is 6.07 Å². The van der Waals surface area contributed by atoms with Crippen LogP contribution in [0, 0.1) is 11.6 Å². The summed E-state index contributed by atoms with van der Waals surface area (Å²) in [7, 11) is 1.73. The predicted octanol–water partition coefficient (Wildman–Crippen LogP) is 2.65. The van der Waals surface area contributed by atoms with Crippen LogP contribution in [0.1, 0.15) is 25.5 Å². The predicted molar refractivity (Wildman–Crippen MR) is 59.2 cm³/mol. The molecule has 0 aliphatic rings. The molecule has 1 unspecified atom stereocenters. The van der Waals surface area contributed by atoms with Gasteiger partial charge in [0.25, 0.3) is 0 Å². The maximum atomic E-state index is 13.0. The Labute approximate surface area is 94.6 Å². The zero-order valence-corrected chi connectivity index (χ0v) is 9.76. The molecule has 16 heavy (non-hydrogen) atoms. The van der Waals surface area contributed by atoms with E-state index in [9.17, 15) is 8.78 Å². The van der Waals surface area contributed by atoms with Gasteiger partial charge in [-0.15, -0.1) is 0 Å². The monoisotopic (exact) mass is 229 g/mol. The average molecular weight is 229 g/mol. The van der Waals surface area contributed by atoms with Gasteiger partial charge in [-0.25, -0.2) is 8.78 Å². The van der Waals surface area contributed by atoms with Crippen molar-refractivity contribution in [3.8, 4) is 0 Å². The van der Waals surface area contributed by atoms with Crippen molar-refractivity contribution < 1.29 is 13.5 Å². The van der Waals surface area contributed by atoms with Crippen LogP contribution in [0.25, 0.3) is 0 Å². The highest BCUT2D eigenvalue weighted by Crippen LogP contribution is 2.16. The number of halogens is 2. The van der Waals surface area contributed by atoms with Gasteiger partial charge in [0.15, 0.2) is 0 Å². The molecule has 90 valence electrons. The smallest absolute Gasteiger partial charge is 0.126 e. The Morgan fingerprint density at radius 3 is 2.19 bits per heavy atom. The normalized spacial score (nSPS) is 13.1. The number of likely N-dealkylation sites (N-methyl/N-ethyl adjacent to an activating group) is 1. The van der Waals surface area contributed by atoms with E-state index in [4.69, 9.17) is 4.74 Å². The van der Waals surface area contributed by atoms with Crippen molar-refractivity contribution in [1.82, 2.24) is 5.32 Å². The number of hydrogen-bond donors (Lipinski definition) is 1. The molecule has 1 aromatic carbocycles. The van der Waals surface area contributed by atoms with E-state index < -0.39 is 11.6 Å². The summed E-state index contributed by atoms with van der Waals surface area (Å²) >= 11 is 0. The molecule has 2 nitrogen and oxygen atoms in total. The summed E-state index contributed by atoms with van der Waals surface area (Å²) in [6.45, 7) is 4.22. The molecule has 0 bridgehead atoms. The minimum absolute atomic E-state index is 0.0919. The van der Waals surface area contributed by atoms with Gasteiger partial charge in [0, 0.05) is 6.07 Å². The molecule has 1 rings (SSSR count). The first-order chi connectivity index (χ1) is 7.52. The first-order valence-electron chi connectivity index (χ1n) is 5.27. The number of benzene rings is 1. The van der Waals surface area contributed by atoms with Gasteiger partial charge in [0.2, 0.25) is 0 Å². The Kier molecular flexibility index (Phi) is 4.83. The highest BCUT2D eigenvalue weighted by molar-refractivity contribution is 5.21. The van der Waals surface area contributed by atoms with Crippen molar-refractivity contribution in [3.63, 3.8) is 0 Å². The lowest BCUT2D eigenvalue weighted by Gasteiger charge is -2.18. The van der Waals surface area contributed by atoms with Crippen molar-refractivity contribution in [2.75, 3.05) is 13.7 Å². The second kappa shape index (κ2) is 5.92. The van der Waals surface area contributed by atoms with Gasteiger partial charge < -0.3 is 10.1 Å². The van der Waals surface area contributed by atoms with E-state index in [1.165, 1.54) is 12.1 Å². The number of nitrogens with one attached hydrogen (secondary N) is 1. The van der Waals surface area contributed by atoms with Crippen molar-refractivity contribution in [1.29, 1.82) is 0 Å². The average Bonchev–Trinajstić information content (AvgIpc) is 2.16. The summed E-state index contributed by atoms with van der Waals surface area (Å²) in [5.74, 6) is -1.14. The molecule has 0 heterocycles. The molecule has 1 atom stereocenters. The third-order valence-electron chi connectivity index (χ3n) is 2.23. The summed E-state index contributed by atoms with van der Waals surface area (Å²) in [6.07, 6.45) is 0.0919. The van der Waals surface area contributed by atoms with E-state index in [1.807, 2.05) is 13.8 Å². The van der Waals surface area contributed by atoms with E-state index in [0.29, 0.717) is 12.2 Å². The molecule has 0 amide bonds. The van der Waals surface area contributed by atoms with Gasteiger partial charge in [0.1, 0.15) is 11.6 Å². The van der Waals surface area contributed by atoms with E-state index >= 15 is 0 Å². The fraction of sp³-hybridized carbons (Fsp3) is 0.500. The maximum absolute atomic E-state index is 13.0. The van der Waals surface area contributed by atoms with Crippen LogP contribution in [-0.2, 0) is 4.74 Å². The first-order valence-corrected chi connectivity index (χ1v) is 5.27. The first kappa shape index (κ1) is 13.1. The molecule has 0 saturated heterocycles. The van der Waals surface area contributed by atoms with Crippen LogP contribution in [0.4, 0.5) is 8.78 Å². The molecule has 0 fully saturated rings. The molecule has 0 aliphatic carbocycles. The van der Waals surface area contributed by atoms with Crippen molar-refractivity contribution in [2.45, 2.75) is 26.0 Å². The zero-order chi connectivity index (χ0) is 12.1. The lowest BCUT2D eigenvalue weighted by Crippen LogP contribution is -2.23. The van der Waals surface area contributed by atoms with Crippen LogP contribution < -0.4 is 5.32 Å². The fourth-order valence-corrected chi connectivity index (χ4v) is 1.41. The Bertz CT molecular complexity index is 322. The largest absolute Gasteiger partial charge is 0.377 e. The number of ether oxygens (including phenoxy) is 1. The van der Waals surface area contributed by atoms with Crippen molar-refractivity contribution in [2.24, 2.45) is 0 Å².